The summed E-state index contributed by atoms with van der Waals surface area (Å²) in [5.74, 6) is -0.150. The summed E-state index contributed by atoms with van der Waals surface area (Å²) in [6, 6.07) is 2.12. The quantitative estimate of drug-likeness (QED) is 0.521. The van der Waals surface area contributed by atoms with Gasteiger partial charge < -0.3 is 14.5 Å². The maximum atomic E-state index is 12.7. The van der Waals surface area contributed by atoms with E-state index >= 15 is 0 Å². The van der Waals surface area contributed by atoms with Crippen LogP contribution in [0.4, 0.5) is 24.5 Å². The zero-order chi connectivity index (χ0) is 21.4. The summed E-state index contributed by atoms with van der Waals surface area (Å²) in [5.41, 5.74) is -6.30. The zero-order valence-corrected chi connectivity index (χ0v) is 15.9. The van der Waals surface area contributed by atoms with Crippen molar-refractivity contribution in [3.8, 4) is 0 Å². The average molecular weight is 437 g/mol. The van der Waals surface area contributed by atoms with E-state index in [4.69, 9.17) is 4.74 Å². The number of hydrogen-bond acceptors (Lipinski definition) is 7. The molecule has 0 aromatic heterocycles. The second-order valence-corrected chi connectivity index (χ2v) is 8.61. The van der Waals surface area contributed by atoms with Gasteiger partial charge >= 0.3 is 5.51 Å². The summed E-state index contributed by atoms with van der Waals surface area (Å²) in [7, 11) is -5.70. The number of benzene rings is 1. The van der Waals surface area contributed by atoms with Crippen molar-refractivity contribution in [1.82, 2.24) is 4.90 Å². The molecular weight excluding hydrogens is 419 g/mol. The van der Waals surface area contributed by atoms with E-state index in [9.17, 15) is 36.5 Å². The average Bonchev–Trinajstić information content (AvgIpc) is 3.21. The molecule has 0 saturated carbocycles. The SMILES string of the molecule is O=C(C1CCCO1)N1CCN(c2ccc(S(=O)(=O)C(F)(F)F)cc2[N+](=O)[O-])CC1. The molecule has 29 heavy (non-hydrogen) atoms. The molecule has 0 aliphatic carbocycles. The van der Waals surface area contributed by atoms with Crippen LogP contribution in [0.3, 0.4) is 0 Å². The van der Waals surface area contributed by atoms with E-state index in [1.54, 1.807) is 9.80 Å². The summed E-state index contributed by atoms with van der Waals surface area (Å²) < 4.78 is 66.7. The molecule has 2 aliphatic heterocycles. The molecule has 0 bridgehead atoms. The van der Waals surface area contributed by atoms with Crippen LogP contribution < -0.4 is 4.90 Å². The number of sulfone groups is 1. The Morgan fingerprint density at radius 3 is 2.38 bits per heavy atom. The number of halogens is 3. The fourth-order valence-corrected chi connectivity index (χ4v) is 4.14. The van der Waals surface area contributed by atoms with E-state index in [2.05, 4.69) is 0 Å². The number of nitro groups is 1. The van der Waals surface area contributed by atoms with Crippen molar-refractivity contribution in [2.24, 2.45) is 0 Å². The zero-order valence-electron chi connectivity index (χ0n) is 15.1. The molecule has 0 radical (unpaired) electrons. The molecule has 2 saturated heterocycles. The van der Waals surface area contributed by atoms with E-state index in [-0.39, 0.29) is 37.8 Å². The van der Waals surface area contributed by atoms with E-state index in [0.717, 1.165) is 12.5 Å². The van der Waals surface area contributed by atoms with Crippen LogP contribution in [0.15, 0.2) is 23.1 Å². The van der Waals surface area contributed by atoms with E-state index < -0.39 is 37.0 Å². The Morgan fingerprint density at radius 2 is 1.86 bits per heavy atom. The summed E-state index contributed by atoms with van der Waals surface area (Å²) in [4.78, 5) is 24.7. The minimum atomic E-state index is -5.70. The molecule has 2 heterocycles. The van der Waals surface area contributed by atoms with Crippen molar-refractivity contribution in [3.63, 3.8) is 0 Å². The molecule has 13 heteroatoms. The Morgan fingerprint density at radius 1 is 1.21 bits per heavy atom. The van der Waals surface area contributed by atoms with Gasteiger partial charge in [-0.2, -0.15) is 13.2 Å². The van der Waals surface area contributed by atoms with Crippen LogP contribution >= 0.6 is 0 Å². The van der Waals surface area contributed by atoms with E-state index in [1.165, 1.54) is 0 Å². The second-order valence-electron chi connectivity index (χ2n) is 6.67. The summed E-state index contributed by atoms with van der Waals surface area (Å²) >= 11 is 0. The minimum absolute atomic E-state index is 0.000315. The third-order valence-corrected chi connectivity index (χ3v) is 6.38. The van der Waals surface area contributed by atoms with Gasteiger partial charge in [0.1, 0.15) is 11.8 Å². The van der Waals surface area contributed by atoms with Gasteiger partial charge in [-0.15, -0.1) is 0 Å². The lowest BCUT2D eigenvalue weighted by molar-refractivity contribution is -0.384. The van der Waals surface area contributed by atoms with Gasteiger partial charge in [0, 0.05) is 38.9 Å². The number of carbonyl (C=O) groups is 1. The number of amides is 1. The predicted octanol–water partition coefficient (Wildman–Crippen LogP) is 1.72. The molecule has 0 spiro atoms. The highest BCUT2D eigenvalue weighted by Crippen LogP contribution is 2.36. The van der Waals surface area contributed by atoms with Gasteiger partial charge in [0.2, 0.25) is 0 Å². The largest absolute Gasteiger partial charge is 0.501 e. The maximum Gasteiger partial charge on any atom is 0.501 e. The van der Waals surface area contributed by atoms with Crippen molar-refractivity contribution in [1.29, 1.82) is 0 Å². The molecule has 1 unspecified atom stereocenters. The number of ether oxygens (including phenoxy) is 1. The number of carbonyl (C=O) groups excluding carboxylic acids is 1. The smallest absolute Gasteiger partial charge is 0.368 e. The first-order valence-corrected chi connectivity index (χ1v) is 10.3. The van der Waals surface area contributed by atoms with Crippen LogP contribution in [0, 0.1) is 10.1 Å². The number of piperazine rings is 1. The van der Waals surface area contributed by atoms with Crippen molar-refractivity contribution in [2.75, 3.05) is 37.7 Å². The van der Waals surface area contributed by atoms with E-state index in [1.807, 2.05) is 0 Å². The van der Waals surface area contributed by atoms with Gasteiger partial charge in [-0.1, -0.05) is 0 Å². The van der Waals surface area contributed by atoms with Crippen LogP contribution in [-0.2, 0) is 19.4 Å². The molecule has 160 valence electrons. The van der Waals surface area contributed by atoms with Gasteiger partial charge in [0.15, 0.2) is 0 Å². The van der Waals surface area contributed by atoms with Gasteiger partial charge in [-0.25, -0.2) is 8.42 Å². The highest BCUT2D eigenvalue weighted by Gasteiger charge is 2.47. The Kier molecular flexibility index (Phi) is 5.72. The predicted molar refractivity (Wildman–Crippen MR) is 94.1 cm³/mol. The topological polar surface area (TPSA) is 110 Å². The standard InChI is InChI=1S/C16H18F3N3O6S/c17-16(18,19)29(26,27)11-3-4-12(13(10-11)22(24)25)20-5-7-21(8-6-20)15(23)14-2-1-9-28-14/h3-4,10,14H,1-2,5-9H2. The number of rotatable bonds is 4. The van der Waals surface area contributed by atoms with Crippen molar-refractivity contribution in [3.05, 3.63) is 28.3 Å². The molecule has 1 amide bonds. The highest BCUT2D eigenvalue weighted by atomic mass is 32.2. The fraction of sp³-hybridized carbons (Fsp3) is 0.562. The molecule has 2 fully saturated rings. The first-order valence-electron chi connectivity index (χ1n) is 8.77. The van der Waals surface area contributed by atoms with Gasteiger partial charge in [0.25, 0.3) is 21.4 Å². The van der Waals surface area contributed by atoms with Crippen molar-refractivity contribution < 1.29 is 36.0 Å². The Labute approximate surface area is 164 Å². The summed E-state index contributed by atoms with van der Waals surface area (Å²) in [5, 5.41) is 11.4. The number of anilines is 1. The first-order chi connectivity index (χ1) is 13.5. The minimum Gasteiger partial charge on any atom is -0.368 e. The third-order valence-electron chi connectivity index (χ3n) is 4.90. The first kappa shape index (κ1) is 21.3. The Hall–Kier alpha value is -2.41. The molecule has 1 aromatic rings. The molecule has 2 aliphatic rings. The molecule has 9 nitrogen and oxygen atoms in total. The lowest BCUT2D eigenvalue weighted by Crippen LogP contribution is -2.51. The van der Waals surface area contributed by atoms with Crippen LogP contribution in [0.2, 0.25) is 0 Å². The molecule has 1 atom stereocenters. The van der Waals surface area contributed by atoms with Crippen molar-refractivity contribution in [2.45, 2.75) is 29.3 Å². The lowest BCUT2D eigenvalue weighted by Gasteiger charge is -2.36. The monoisotopic (exact) mass is 437 g/mol. The van der Waals surface area contributed by atoms with Crippen LogP contribution in [0.5, 0.6) is 0 Å². The fourth-order valence-electron chi connectivity index (χ4n) is 3.36. The van der Waals surface area contributed by atoms with Gasteiger partial charge in [0.05, 0.1) is 9.82 Å². The van der Waals surface area contributed by atoms with E-state index in [0.29, 0.717) is 25.2 Å². The lowest BCUT2D eigenvalue weighted by atomic mass is 10.2. The third kappa shape index (κ3) is 4.15. The molecule has 3 rings (SSSR count). The number of alkyl halides is 3. The van der Waals surface area contributed by atoms with Gasteiger partial charge in [-0.3, -0.25) is 14.9 Å². The highest BCUT2D eigenvalue weighted by molar-refractivity contribution is 7.92. The molecular formula is C16H18F3N3O6S. The number of nitro benzene ring substituents is 1. The summed E-state index contributed by atoms with van der Waals surface area (Å²) in [6.45, 7) is 1.47. The Bertz CT molecular complexity index is 907. The van der Waals surface area contributed by atoms with Crippen LogP contribution in [0.25, 0.3) is 0 Å². The van der Waals surface area contributed by atoms with Crippen molar-refractivity contribution >= 4 is 27.1 Å². The molecule has 0 N–H and O–H groups in total. The maximum absolute atomic E-state index is 12.7. The Balaban J connectivity index is 1.79. The molecule has 1 aromatic carbocycles. The van der Waals surface area contributed by atoms with Crippen LogP contribution in [0.1, 0.15) is 12.8 Å². The summed E-state index contributed by atoms with van der Waals surface area (Å²) in [6.07, 6.45) is 0.956. The number of hydrogen-bond donors (Lipinski definition) is 0. The number of nitrogens with zero attached hydrogens (tertiary/aromatic N) is 3. The van der Waals surface area contributed by atoms with Crippen LogP contribution in [-0.4, -0.2) is 68.5 Å². The normalized spacial score (nSPS) is 20.7. The second kappa shape index (κ2) is 7.78. The van der Waals surface area contributed by atoms with Gasteiger partial charge in [-0.05, 0) is 25.0 Å².